The van der Waals surface area contributed by atoms with Gasteiger partial charge in [-0.25, -0.2) is 0 Å². The molecule has 0 amide bonds. The van der Waals surface area contributed by atoms with E-state index < -0.39 is 0 Å². The molecule has 1 aromatic rings. The van der Waals surface area contributed by atoms with Gasteiger partial charge in [0, 0.05) is 10.0 Å². The third kappa shape index (κ3) is 5.33. The Balaban J connectivity index is 2.49. The molecule has 1 rings (SSSR count). The summed E-state index contributed by atoms with van der Waals surface area (Å²) in [6.45, 7) is 7.11. The minimum atomic E-state index is -0.139. The predicted molar refractivity (Wildman–Crippen MR) is 81.2 cm³/mol. The smallest absolute Gasteiger partial charge is 0.120 e. The molecule has 0 bridgehead atoms. The molecule has 1 aromatic carbocycles. The van der Waals surface area contributed by atoms with E-state index in [4.69, 9.17) is 27.4 Å². The summed E-state index contributed by atoms with van der Waals surface area (Å²) in [6, 6.07) is 5.54. The van der Waals surface area contributed by atoms with Gasteiger partial charge in [-0.1, -0.05) is 12.2 Å². The summed E-state index contributed by atoms with van der Waals surface area (Å²) in [5.74, 6) is 0.763. The van der Waals surface area contributed by atoms with Crippen molar-refractivity contribution >= 4 is 33.1 Å². The number of hydrogen-bond donors (Lipinski definition) is 1. The minimum Gasteiger partial charge on any atom is -0.491 e. The van der Waals surface area contributed by atoms with Crippen molar-refractivity contribution in [3.05, 3.63) is 28.2 Å². The Hall–Kier alpha value is -0.650. The van der Waals surface area contributed by atoms with Gasteiger partial charge in [-0.3, -0.25) is 0 Å². The maximum atomic E-state index is 5.58. The number of nitrogens with two attached hydrogens (primary N) is 1. The largest absolute Gasteiger partial charge is 0.491 e. The first kappa shape index (κ1) is 15.4. The molecule has 5 heteroatoms. The average Bonchev–Trinajstić information content (AvgIpc) is 2.22. The Morgan fingerprint density at radius 2 is 2.00 bits per heavy atom. The number of hydrogen-bond acceptors (Lipinski definition) is 3. The highest BCUT2D eigenvalue weighted by Gasteiger charge is 2.09. The van der Waals surface area contributed by atoms with E-state index in [1.54, 1.807) is 0 Å². The molecule has 18 heavy (non-hydrogen) atoms. The normalized spacial score (nSPS) is 11.3. The van der Waals surface area contributed by atoms with Crippen molar-refractivity contribution in [1.29, 1.82) is 0 Å². The van der Waals surface area contributed by atoms with Gasteiger partial charge in [0.05, 0.1) is 12.2 Å². The Bertz CT molecular complexity index is 429. The van der Waals surface area contributed by atoms with Crippen LogP contribution in [0.15, 0.2) is 22.7 Å². The third-order valence-electron chi connectivity index (χ3n) is 2.09. The second-order valence-electron chi connectivity index (χ2n) is 4.82. The minimum absolute atomic E-state index is 0.139. The number of thiocarbonyl (C=S) groups is 1. The number of rotatable bonds is 5. The van der Waals surface area contributed by atoms with Crippen LogP contribution in [0.25, 0.3) is 0 Å². The maximum Gasteiger partial charge on any atom is 0.120 e. The van der Waals surface area contributed by atoms with Gasteiger partial charge in [0.15, 0.2) is 0 Å². The highest BCUT2D eigenvalue weighted by atomic mass is 79.9. The molecule has 3 nitrogen and oxygen atoms in total. The molecule has 0 saturated heterocycles. The Morgan fingerprint density at radius 3 is 2.50 bits per heavy atom. The second kappa shape index (κ2) is 6.50. The van der Waals surface area contributed by atoms with Crippen LogP contribution in [-0.4, -0.2) is 23.8 Å². The van der Waals surface area contributed by atoms with Crippen LogP contribution in [0, 0.1) is 0 Å². The molecule has 0 aromatic heterocycles. The summed E-state index contributed by atoms with van der Waals surface area (Å²) < 4.78 is 12.0. The molecule has 0 aliphatic rings. The first-order valence-electron chi connectivity index (χ1n) is 5.66. The van der Waals surface area contributed by atoms with E-state index in [0.29, 0.717) is 18.2 Å². The van der Waals surface area contributed by atoms with Crippen molar-refractivity contribution in [2.45, 2.75) is 26.4 Å². The van der Waals surface area contributed by atoms with Gasteiger partial charge >= 0.3 is 0 Å². The SMILES string of the molecule is CC(C)(C)OCCOc1ccc(C(N)=S)c(Br)c1. The van der Waals surface area contributed by atoms with Crippen LogP contribution >= 0.6 is 28.1 Å². The zero-order valence-electron chi connectivity index (χ0n) is 10.8. The van der Waals surface area contributed by atoms with Crippen molar-refractivity contribution in [2.75, 3.05) is 13.2 Å². The van der Waals surface area contributed by atoms with Crippen LogP contribution in [0.5, 0.6) is 5.75 Å². The van der Waals surface area contributed by atoms with E-state index in [2.05, 4.69) is 15.9 Å². The highest BCUT2D eigenvalue weighted by Crippen LogP contribution is 2.23. The standard InChI is InChI=1S/C13H18BrNO2S/c1-13(2,3)17-7-6-16-9-4-5-10(12(15)18)11(14)8-9/h4-5,8H,6-7H2,1-3H3,(H2,15,18). The lowest BCUT2D eigenvalue weighted by atomic mass is 10.2. The molecule has 0 unspecified atom stereocenters. The molecule has 0 aliphatic heterocycles. The monoisotopic (exact) mass is 331 g/mol. The summed E-state index contributed by atoms with van der Waals surface area (Å²) >= 11 is 8.34. The Kier molecular flexibility index (Phi) is 5.56. The van der Waals surface area contributed by atoms with E-state index in [-0.39, 0.29) is 5.60 Å². The zero-order chi connectivity index (χ0) is 13.8. The molecule has 0 fully saturated rings. The zero-order valence-corrected chi connectivity index (χ0v) is 13.2. The average molecular weight is 332 g/mol. The van der Waals surface area contributed by atoms with Crippen LogP contribution in [0.2, 0.25) is 0 Å². The lowest BCUT2D eigenvalue weighted by Crippen LogP contribution is -2.22. The Morgan fingerprint density at radius 1 is 1.33 bits per heavy atom. The summed E-state index contributed by atoms with van der Waals surface area (Å²) in [6.07, 6.45) is 0. The Labute approximate surface area is 122 Å². The maximum absolute atomic E-state index is 5.58. The fraction of sp³-hybridized carbons (Fsp3) is 0.462. The van der Waals surface area contributed by atoms with Gasteiger partial charge in [0.25, 0.3) is 0 Å². The second-order valence-corrected chi connectivity index (χ2v) is 6.11. The van der Waals surface area contributed by atoms with Crippen LogP contribution in [-0.2, 0) is 4.74 Å². The van der Waals surface area contributed by atoms with E-state index in [1.807, 2.05) is 39.0 Å². The lowest BCUT2D eigenvalue weighted by molar-refractivity contribution is -0.0163. The molecule has 0 atom stereocenters. The molecule has 2 N–H and O–H groups in total. The van der Waals surface area contributed by atoms with Gasteiger partial charge in [-0.05, 0) is 54.9 Å². The molecule has 0 radical (unpaired) electrons. The summed E-state index contributed by atoms with van der Waals surface area (Å²) in [4.78, 5) is 0.365. The molecular formula is C13H18BrNO2S. The molecule has 0 saturated carbocycles. The van der Waals surface area contributed by atoms with Gasteiger partial charge in [-0.15, -0.1) is 0 Å². The van der Waals surface area contributed by atoms with Crippen molar-refractivity contribution in [3.63, 3.8) is 0 Å². The first-order valence-corrected chi connectivity index (χ1v) is 6.86. The number of ether oxygens (including phenoxy) is 2. The fourth-order valence-corrected chi connectivity index (χ4v) is 2.17. The predicted octanol–water partition coefficient (Wildman–Crippen LogP) is 3.28. The quantitative estimate of drug-likeness (QED) is 0.664. The summed E-state index contributed by atoms with van der Waals surface area (Å²) in [5.41, 5.74) is 6.24. The van der Waals surface area contributed by atoms with Crippen LogP contribution in [0.3, 0.4) is 0 Å². The van der Waals surface area contributed by atoms with Crippen molar-refractivity contribution in [2.24, 2.45) is 5.73 Å². The molecular weight excluding hydrogens is 314 g/mol. The molecule has 100 valence electrons. The van der Waals surface area contributed by atoms with E-state index >= 15 is 0 Å². The van der Waals surface area contributed by atoms with Crippen LogP contribution < -0.4 is 10.5 Å². The number of benzene rings is 1. The van der Waals surface area contributed by atoms with Gasteiger partial charge in [0.2, 0.25) is 0 Å². The summed E-state index contributed by atoms with van der Waals surface area (Å²) in [5, 5.41) is 0. The molecule has 0 spiro atoms. The van der Waals surface area contributed by atoms with Crippen molar-refractivity contribution in [1.82, 2.24) is 0 Å². The fourth-order valence-electron chi connectivity index (χ4n) is 1.29. The van der Waals surface area contributed by atoms with Crippen LogP contribution in [0.4, 0.5) is 0 Å². The van der Waals surface area contributed by atoms with Gasteiger partial charge in [-0.2, -0.15) is 0 Å². The molecule has 0 heterocycles. The van der Waals surface area contributed by atoms with E-state index in [1.165, 1.54) is 0 Å². The lowest BCUT2D eigenvalue weighted by Gasteiger charge is -2.19. The molecule has 0 aliphatic carbocycles. The third-order valence-corrected chi connectivity index (χ3v) is 2.97. The first-order chi connectivity index (χ1) is 8.29. The highest BCUT2D eigenvalue weighted by molar-refractivity contribution is 9.10. The van der Waals surface area contributed by atoms with Gasteiger partial charge in [0.1, 0.15) is 17.3 Å². The van der Waals surface area contributed by atoms with Gasteiger partial charge < -0.3 is 15.2 Å². The van der Waals surface area contributed by atoms with Crippen LogP contribution in [0.1, 0.15) is 26.3 Å². The van der Waals surface area contributed by atoms with Crippen molar-refractivity contribution in [3.8, 4) is 5.75 Å². The topological polar surface area (TPSA) is 44.5 Å². The van der Waals surface area contributed by atoms with E-state index in [9.17, 15) is 0 Å². The summed E-state index contributed by atoms with van der Waals surface area (Å²) in [7, 11) is 0. The van der Waals surface area contributed by atoms with Crippen molar-refractivity contribution < 1.29 is 9.47 Å². The van der Waals surface area contributed by atoms with E-state index in [0.717, 1.165) is 15.8 Å². The number of halogens is 1.